The first-order valence-corrected chi connectivity index (χ1v) is 6.62. The van der Waals surface area contributed by atoms with E-state index in [1.165, 1.54) is 0 Å². The normalized spacial score (nSPS) is 21.8. The summed E-state index contributed by atoms with van der Waals surface area (Å²) in [5, 5.41) is 2.52. The first-order valence-electron chi connectivity index (χ1n) is 5.07. The van der Waals surface area contributed by atoms with Gasteiger partial charge in [0.1, 0.15) is 6.61 Å². The van der Waals surface area contributed by atoms with Crippen molar-refractivity contribution in [3.8, 4) is 0 Å². The van der Waals surface area contributed by atoms with Gasteiger partial charge < -0.3 is 10.1 Å². The average Bonchev–Trinajstić information content (AvgIpc) is 2.69. The van der Waals surface area contributed by atoms with Crippen LogP contribution in [0.15, 0.2) is 0 Å². The zero-order chi connectivity index (χ0) is 12.0. The molecular formula is C8H16F2N2O3S. The summed E-state index contributed by atoms with van der Waals surface area (Å²) in [5.41, 5.74) is 0. The molecule has 0 aliphatic carbocycles. The predicted octanol–water partition coefficient (Wildman–Crippen LogP) is -0.451. The molecular weight excluding hydrogens is 242 g/mol. The minimum Gasteiger partial charge on any atom is -0.374 e. The van der Waals surface area contributed by atoms with Crippen molar-refractivity contribution >= 4 is 10.0 Å². The Morgan fingerprint density at radius 2 is 2.25 bits per heavy atom. The van der Waals surface area contributed by atoms with Crippen LogP contribution in [0.1, 0.15) is 6.42 Å². The van der Waals surface area contributed by atoms with Crippen LogP contribution in [0.25, 0.3) is 0 Å². The SMILES string of the molecule is O=S(=O)(NCCOCC(F)F)C1CCNC1. The first-order chi connectivity index (χ1) is 7.52. The van der Waals surface area contributed by atoms with E-state index >= 15 is 0 Å². The van der Waals surface area contributed by atoms with E-state index in [9.17, 15) is 17.2 Å². The summed E-state index contributed by atoms with van der Waals surface area (Å²) in [4.78, 5) is 0. The molecule has 0 amide bonds. The van der Waals surface area contributed by atoms with Crippen LogP contribution < -0.4 is 10.0 Å². The fraction of sp³-hybridized carbons (Fsp3) is 1.00. The van der Waals surface area contributed by atoms with Crippen LogP contribution in [-0.2, 0) is 14.8 Å². The second-order valence-corrected chi connectivity index (χ2v) is 5.57. The van der Waals surface area contributed by atoms with Crippen molar-refractivity contribution < 1.29 is 21.9 Å². The van der Waals surface area contributed by atoms with Gasteiger partial charge in [-0.1, -0.05) is 0 Å². The molecule has 8 heteroatoms. The number of ether oxygens (including phenoxy) is 1. The Hall–Kier alpha value is -0.310. The number of sulfonamides is 1. The average molecular weight is 258 g/mol. The van der Waals surface area contributed by atoms with Gasteiger partial charge in [-0.15, -0.1) is 0 Å². The smallest absolute Gasteiger partial charge is 0.261 e. The summed E-state index contributed by atoms with van der Waals surface area (Å²) < 4.78 is 53.4. The van der Waals surface area contributed by atoms with Crippen LogP contribution in [0.4, 0.5) is 8.78 Å². The minimum atomic E-state index is -3.34. The van der Waals surface area contributed by atoms with Crippen LogP contribution in [0.5, 0.6) is 0 Å². The van der Waals surface area contributed by atoms with Gasteiger partial charge in [0.05, 0.1) is 11.9 Å². The highest BCUT2D eigenvalue weighted by atomic mass is 32.2. The van der Waals surface area contributed by atoms with E-state index < -0.39 is 28.3 Å². The van der Waals surface area contributed by atoms with E-state index in [2.05, 4.69) is 14.8 Å². The van der Waals surface area contributed by atoms with Crippen LogP contribution in [0.3, 0.4) is 0 Å². The molecule has 0 saturated carbocycles. The zero-order valence-electron chi connectivity index (χ0n) is 8.79. The first kappa shape index (κ1) is 13.8. The Labute approximate surface area is 93.6 Å². The van der Waals surface area contributed by atoms with Crippen molar-refractivity contribution in [3.63, 3.8) is 0 Å². The van der Waals surface area contributed by atoms with Crippen LogP contribution in [0.2, 0.25) is 0 Å². The molecule has 1 heterocycles. The fourth-order valence-electron chi connectivity index (χ4n) is 1.44. The molecule has 1 rings (SSSR count). The lowest BCUT2D eigenvalue weighted by molar-refractivity contribution is 0.0199. The van der Waals surface area contributed by atoms with E-state index in [4.69, 9.17) is 0 Å². The highest BCUT2D eigenvalue weighted by Crippen LogP contribution is 2.07. The van der Waals surface area contributed by atoms with Gasteiger partial charge in [-0.3, -0.25) is 0 Å². The topological polar surface area (TPSA) is 67.4 Å². The fourth-order valence-corrected chi connectivity index (χ4v) is 2.81. The maximum atomic E-state index is 11.7. The second-order valence-electron chi connectivity index (χ2n) is 3.52. The van der Waals surface area contributed by atoms with Crippen LogP contribution in [-0.4, -0.2) is 52.9 Å². The molecule has 0 aromatic heterocycles. The van der Waals surface area contributed by atoms with E-state index in [-0.39, 0.29) is 13.2 Å². The summed E-state index contributed by atoms with van der Waals surface area (Å²) >= 11 is 0. The quantitative estimate of drug-likeness (QED) is 0.607. The Morgan fingerprint density at radius 1 is 1.50 bits per heavy atom. The third kappa shape index (κ3) is 4.69. The van der Waals surface area contributed by atoms with Crippen LogP contribution in [0, 0.1) is 0 Å². The molecule has 5 nitrogen and oxygen atoms in total. The summed E-state index contributed by atoms with van der Waals surface area (Å²) in [6.07, 6.45) is -1.94. The van der Waals surface area contributed by atoms with Gasteiger partial charge in [0.2, 0.25) is 10.0 Å². The Balaban J connectivity index is 2.16. The molecule has 16 heavy (non-hydrogen) atoms. The highest BCUT2D eigenvalue weighted by Gasteiger charge is 2.27. The molecule has 0 radical (unpaired) electrons. The number of halogens is 2. The Kier molecular flexibility index (Phi) is 5.53. The van der Waals surface area contributed by atoms with Gasteiger partial charge >= 0.3 is 0 Å². The van der Waals surface area contributed by atoms with E-state index in [1.807, 2.05) is 0 Å². The largest absolute Gasteiger partial charge is 0.374 e. The third-order valence-corrected chi connectivity index (χ3v) is 4.13. The van der Waals surface area contributed by atoms with Crippen molar-refractivity contribution in [2.24, 2.45) is 0 Å². The molecule has 1 fully saturated rings. The Bertz CT molecular complexity index is 292. The number of hydrogen-bond acceptors (Lipinski definition) is 4. The van der Waals surface area contributed by atoms with Gasteiger partial charge in [0.15, 0.2) is 0 Å². The Morgan fingerprint density at radius 3 is 2.81 bits per heavy atom. The lowest BCUT2D eigenvalue weighted by Crippen LogP contribution is -2.37. The van der Waals surface area contributed by atoms with Crippen molar-refractivity contribution in [1.29, 1.82) is 0 Å². The van der Waals surface area contributed by atoms with Gasteiger partial charge in [-0.2, -0.15) is 0 Å². The number of nitrogens with one attached hydrogen (secondary N) is 2. The van der Waals surface area contributed by atoms with Gasteiger partial charge in [-0.25, -0.2) is 21.9 Å². The van der Waals surface area contributed by atoms with Gasteiger partial charge in [0, 0.05) is 13.1 Å². The lowest BCUT2D eigenvalue weighted by atomic mass is 10.4. The number of rotatable bonds is 7. The highest BCUT2D eigenvalue weighted by molar-refractivity contribution is 7.90. The molecule has 1 atom stereocenters. The molecule has 0 spiro atoms. The summed E-state index contributed by atoms with van der Waals surface area (Å²) in [6.45, 7) is 0.461. The summed E-state index contributed by atoms with van der Waals surface area (Å²) in [6, 6.07) is 0. The van der Waals surface area contributed by atoms with Crippen molar-refractivity contribution in [1.82, 2.24) is 10.0 Å². The molecule has 1 saturated heterocycles. The van der Waals surface area contributed by atoms with Crippen molar-refractivity contribution in [3.05, 3.63) is 0 Å². The molecule has 1 aliphatic heterocycles. The van der Waals surface area contributed by atoms with Gasteiger partial charge in [-0.05, 0) is 13.0 Å². The molecule has 1 aliphatic rings. The van der Waals surface area contributed by atoms with E-state index in [0.29, 0.717) is 19.5 Å². The van der Waals surface area contributed by atoms with E-state index in [0.717, 1.165) is 0 Å². The minimum absolute atomic E-state index is 0.0333. The van der Waals surface area contributed by atoms with Crippen molar-refractivity contribution in [2.75, 3.05) is 32.8 Å². The van der Waals surface area contributed by atoms with Crippen LogP contribution >= 0.6 is 0 Å². The molecule has 96 valence electrons. The van der Waals surface area contributed by atoms with E-state index in [1.54, 1.807) is 0 Å². The molecule has 0 bridgehead atoms. The molecule has 0 aromatic carbocycles. The van der Waals surface area contributed by atoms with Crippen molar-refractivity contribution in [2.45, 2.75) is 18.1 Å². The third-order valence-electron chi connectivity index (χ3n) is 2.25. The van der Waals surface area contributed by atoms with Gasteiger partial charge in [0.25, 0.3) is 6.43 Å². The molecule has 1 unspecified atom stereocenters. The lowest BCUT2D eigenvalue weighted by Gasteiger charge is -2.11. The number of hydrogen-bond donors (Lipinski definition) is 2. The maximum Gasteiger partial charge on any atom is 0.261 e. The second kappa shape index (κ2) is 6.43. The number of alkyl halides is 2. The zero-order valence-corrected chi connectivity index (χ0v) is 9.60. The molecule has 0 aromatic rings. The predicted molar refractivity (Wildman–Crippen MR) is 55.0 cm³/mol. The standard InChI is InChI=1S/C8H16F2N2O3S/c9-8(10)6-15-4-3-12-16(13,14)7-1-2-11-5-7/h7-8,11-12H,1-6H2. The summed E-state index contributed by atoms with van der Waals surface area (Å²) in [5.74, 6) is 0. The monoisotopic (exact) mass is 258 g/mol. The summed E-state index contributed by atoms with van der Waals surface area (Å²) in [7, 11) is -3.34. The molecule has 2 N–H and O–H groups in total. The maximum absolute atomic E-state index is 11.7.